The van der Waals surface area contributed by atoms with E-state index in [4.69, 9.17) is 9.15 Å². The molecule has 2 heterocycles. The van der Waals surface area contributed by atoms with Crippen molar-refractivity contribution in [1.29, 1.82) is 0 Å². The van der Waals surface area contributed by atoms with Gasteiger partial charge in [-0.2, -0.15) is 0 Å². The predicted molar refractivity (Wildman–Crippen MR) is 77.3 cm³/mol. The predicted octanol–water partition coefficient (Wildman–Crippen LogP) is 2.57. The van der Waals surface area contributed by atoms with E-state index >= 15 is 0 Å². The van der Waals surface area contributed by atoms with Gasteiger partial charge in [-0.25, -0.2) is 13.1 Å². The van der Waals surface area contributed by atoms with E-state index in [-0.39, 0.29) is 6.54 Å². The second kappa shape index (κ2) is 6.53. The van der Waals surface area contributed by atoms with Gasteiger partial charge in [0.15, 0.2) is 0 Å². The van der Waals surface area contributed by atoms with Gasteiger partial charge in [-0.15, -0.1) is 11.3 Å². The zero-order valence-electron chi connectivity index (χ0n) is 11.3. The van der Waals surface area contributed by atoms with Gasteiger partial charge < -0.3 is 9.15 Å². The average Bonchev–Trinajstić information content (AvgIpc) is 3.11. The number of rotatable bonds is 7. The van der Waals surface area contributed by atoms with E-state index in [0.717, 1.165) is 11.3 Å². The van der Waals surface area contributed by atoms with Crippen LogP contribution >= 0.6 is 11.3 Å². The summed E-state index contributed by atoms with van der Waals surface area (Å²) >= 11 is 1.28. The molecule has 5 nitrogen and oxygen atoms in total. The molecule has 20 heavy (non-hydrogen) atoms. The maximum absolute atomic E-state index is 12.2. The number of methoxy groups -OCH3 is 1. The lowest BCUT2D eigenvalue weighted by molar-refractivity contribution is 0.0878. The molecule has 1 atom stereocenters. The van der Waals surface area contributed by atoms with Crippen molar-refractivity contribution in [1.82, 2.24) is 4.72 Å². The normalized spacial score (nSPS) is 13.5. The quantitative estimate of drug-likeness (QED) is 0.852. The van der Waals surface area contributed by atoms with Crippen molar-refractivity contribution in [3.63, 3.8) is 0 Å². The van der Waals surface area contributed by atoms with Crippen LogP contribution in [0.5, 0.6) is 0 Å². The molecule has 2 aromatic heterocycles. The fourth-order valence-electron chi connectivity index (χ4n) is 1.72. The van der Waals surface area contributed by atoms with Gasteiger partial charge in [0.1, 0.15) is 16.1 Å². The molecule has 0 fully saturated rings. The Balaban J connectivity index is 2.05. The molecule has 0 spiro atoms. The summed E-state index contributed by atoms with van der Waals surface area (Å²) in [6, 6.07) is 6.95. The van der Waals surface area contributed by atoms with Crippen molar-refractivity contribution in [3.05, 3.63) is 41.2 Å². The highest BCUT2D eigenvalue weighted by atomic mass is 32.2. The molecule has 0 bridgehead atoms. The van der Waals surface area contributed by atoms with E-state index in [1.54, 1.807) is 18.2 Å². The molecular weight excluding hydrogens is 298 g/mol. The highest BCUT2D eigenvalue weighted by Crippen LogP contribution is 2.23. The first-order valence-electron chi connectivity index (χ1n) is 6.21. The van der Waals surface area contributed by atoms with Crippen LogP contribution in [0.3, 0.4) is 0 Å². The molecule has 2 aromatic rings. The summed E-state index contributed by atoms with van der Waals surface area (Å²) in [5.41, 5.74) is 0. The van der Waals surface area contributed by atoms with Gasteiger partial charge in [-0.3, -0.25) is 0 Å². The van der Waals surface area contributed by atoms with Crippen molar-refractivity contribution in [2.24, 2.45) is 0 Å². The molecule has 0 aliphatic heterocycles. The number of hydrogen-bond acceptors (Lipinski definition) is 5. The van der Waals surface area contributed by atoms with E-state index < -0.39 is 16.1 Å². The van der Waals surface area contributed by atoms with Crippen molar-refractivity contribution in [3.8, 4) is 0 Å². The molecule has 0 aromatic carbocycles. The summed E-state index contributed by atoms with van der Waals surface area (Å²) in [6.07, 6.45) is 1.92. The molecular formula is C13H17NO4S2. The smallest absolute Gasteiger partial charge is 0.250 e. The highest BCUT2D eigenvalue weighted by Gasteiger charge is 2.20. The largest absolute Gasteiger partial charge is 0.467 e. The second-order valence-electron chi connectivity index (χ2n) is 4.17. The van der Waals surface area contributed by atoms with Gasteiger partial charge in [0, 0.05) is 18.5 Å². The third-order valence-corrected chi connectivity index (χ3v) is 6.00. The molecule has 0 saturated carbocycles. The average molecular weight is 315 g/mol. The molecule has 0 amide bonds. The van der Waals surface area contributed by atoms with Crippen LogP contribution in [0.4, 0.5) is 0 Å². The van der Waals surface area contributed by atoms with Crippen LogP contribution < -0.4 is 4.72 Å². The Morgan fingerprint density at radius 2 is 2.20 bits per heavy atom. The number of furan rings is 1. The fourth-order valence-corrected chi connectivity index (χ4v) is 4.10. The summed E-state index contributed by atoms with van der Waals surface area (Å²) in [7, 11) is -1.98. The third-order valence-electron chi connectivity index (χ3n) is 2.85. The minimum atomic E-state index is -3.50. The maximum atomic E-state index is 12.2. The van der Waals surface area contributed by atoms with Crippen molar-refractivity contribution < 1.29 is 17.6 Å². The van der Waals surface area contributed by atoms with Crippen LogP contribution in [0.2, 0.25) is 0 Å². The van der Waals surface area contributed by atoms with Crippen molar-refractivity contribution in [2.45, 2.75) is 23.7 Å². The Kier molecular flexibility index (Phi) is 4.98. The lowest BCUT2D eigenvalue weighted by Crippen LogP contribution is -2.28. The molecule has 0 unspecified atom stereocenters. The first kappa shape index (κ1) is 15.2. The van der Waals surface area contributed by atoms with Crippen LogP contribution in [0.1, 0.15) is 23.7 Å². The monoisotopic (exact) mass is 315 g/mol. The summed E-state index contributed by atoms with van der Waals surface area (Å²) in [5.74, 6) is 0.593. The van der Waals surface area contributed by atoms with Gasteiger partial charge in [-0.05, 0) is 30.7 Å². The van der Waals surface area contributed by atoms with E-state index in [1.165, 1.54) is 24.7 Å². The lowest BCUT2D eigenvalue weighted by Gasteiger charge is -2.13. The Hall–Kier alpha value is -1.15. The molecule has 110 valence electrons. The first-order chi connectivity index (χ1) is 9.56. The summed E-state index contributed by atoms with van der Waals surface area (Å²) in [5, 5.41) is 0. The van der Waals surface area contributed by atoms with Crippen LogP contribution in [-0.4, -0.2) is 22.1 Å². The topological polar surface area (TPSA) is 68.5 Å². The number of nitrogens with one attached hydrogen (secondary N) is 1. The highest BCUT2D eigenvalue weighted by molar-refractivity contribution is 7.91. The number of sulfonamides is 1. The van der Waals surface area contributed by atoms with Crippen LogP contribution in [-0.2, 0) is 21.2 Å². The Morgan fingerprint density at radius 3 is 2.75 bits per heavy atom. The summed E-state index contributed by atoms with van der Waals surface area (Å²) in [4.78, 5) is 1.04. The number of aryl methyl sites for hydroxylation is 1. The summed E-state index contributed by atoms with van der Waals surface area (Å²) in [6.45, 7) is 2.12. The second-order valence-corrected chi connectivity index (χ2v) is 7.33. The Morgan fingerprint density at radius 1 is 1.40 bits per heavy atom. The van der Waals surface area contributed by atoms with Gasteiger partial charge >= 0.3 is 0 Å². The van der Waals surface area contributed by atoms with Crippen LogP contribution in [0.25, 0.3) is 0 Å². The minimum Gasteiger partial charge on any atom is -0.467 e. The third kappa shape index (κ3) is 3.49. The van der Waals surface area contributed by atoms with E-state index in [0.29, 0.717) is 9.97 Å². The molecule has 0 saturated heterocycles. The van der Waals surface area contributed by atoms with E-state index in [2.05, 4.69) is 4.72 Å². The van der Waals surface area contributed by atoms with E-state index in [9.17, 15) is 8.42 Å². The van der Waals surface area contributed by atoms with Gasteiger partial charge in [0.05, 0.1) is 6.26 Å². The molecule has 1 N–H and O–H groups in total. The molecule has 0 radical (unpaired) electrons. The number of thiophene rings is 1. The zero-order valence-corrected chi connectivity index (χ0v) is 13.0. The van der Waals surface area contributed by atoms with Crippen LogP contribution in [0, 0.1) is 0 Å². The fraction of sp³-hybridized carbons (Fsp3) is 0.385. The summed E-state index contributed by atoms with van der Waals surface area (Å²) < 4.78 is 37.7. The van der Waals surface area contributed by atoms with Gasteiger partial charge in [-0.1, -0.05) is 6.92 Å². The standard InChI is InChI=1S/C13H17NO4S2/c1-3-10-6-7-13(19-10)20(15,16)14-9-12(17-2)11-5-4-8-18-11/h4-8,12,14H,3,9H2,1-2H3/t12-/m0/s1. The molecule has 7 heteroatoms. The minimum absolute atomic E-state index is 0.131. The van der Waals surface area contributed by atoms with E-state index in [1.807, 2.05) is 13.0 Å². The molecule has 0 aliphatic rings. The molecule has 0 aliphatic carbocycles. The number of hydrogen-bond donors (Lipinski definition) is 1. The lowest BCUT2D eigenvalue weighted by atomic mass is 10.3. The molecule has 2 rings (SSSR count). The Bertz CT molecular complexity index is 631. The Labute approximate surface area is 122 Å². The van der Waals surface area contributed by atoms with Crippen molar-refractivity contribution >= 4 is 21.4 Å². The first-order valence-corrected chi connectivity index (χ1v) is 8.51. The van der Waals surface area contributed by atoms with Gasteiger partial charge in [0.25, 0.3) is 0 Å². The van der Waals surface area contributed by atoms with Crippen LogP contribution in [0.15, 0.2) is 39.2 Å². The zero-order chi connectivity index (χ0) is 14.6. The maximum Gasteiger partial charge on any atom is 0.250 e. The number of ether oxygens (including phenoxy) is 1. The van der Waals surface area contributed by atoms with Gasteiger partial charge in [0.2, 0.25) is 10.0 Å². The SMILES string of the molecule is CCc1ccc(S(=O)(=O)NC[C@H](OC)c2ccco2)s1. The van der Waals surface area contributed by atoms with Crippen molar-refractivity contribution in [2.75, 3.05) is 13.7 Å².